The summed E-state index contributed by atoms with van der Waals surface area (Å²) in [4.78, 5) is 9.32. The van der Waals surface area contributed by atoms with Crippen molar-refractivity contribution < 1.29 is 27.4 Å². The Balaban J connectivity index is 3.85. The van der Waals surface area contributed by atoms with Crippen molar-refractivity contribution in [2.24, 2.45) is 0 Å². The van der Waals surface area contributed by atoms with Crippen molar-refractivity contribution in [1.82, 2.24) is 0 Å². The highest BCUT2D eigenvalue weighted by Crippen LogP contribution is 2.31. The SMILES string of the molecule is CCCCCCCCCCCCCCCCCCC(C(=O)[O-])([N+](C)(C)C)S(=O)(=O)O. The summed E-state index contributed by atoms with van der Waals surface area (Å²) in [5, 5.41) is 11.6. The fourth-order valence-corrected chi connectivity index (χ4v) is 5.51. The normalized spacial score (nSPS) is 14.6. The number of carboxylic acids is 1. The van der Waals surface area contributed by atoms with Gasteiger partial charge in [-0.25, -0.2) is 0 Å². The van der Waals surface area contributed by atoms with Crippen LogP contribution < -0.4 is 5.11 Å². The van der Waals surface area contributed by atoms with Gasteiger partial charge in [0, 0.05) is 6.42 Å². The fourth-order valence-electron chi connectivity index (χ4n) is 4.20. The fraction of sp³-hybridized carbons (Fsp3) is 0.957. The molecule has 0 aliphatic heterocycles. The first-order chi connectivity index (χ1) is 14.0. The highest BCUT2D eigenvalue weighted by molar-refractivity contribution is 7.87. The third-order valence-corrected chi connectivity index (χ3v) is 7.97. The second-order valence-corrected chi connectivity index (χ2v) is 11.2. The van der Waals surface area contributed by atoms with E-state index in [2.05, 4.69) is 6.92 Å². The van der Waals surface area contributed by atoms with Gasteiger partial charge in [-0.15, -0.1) is 0 Å². The molecule has 7 heteroatoms. The van der Waals surface area contributed by atoms with Crippen LogP contribution in [0.15, 0.2) is 0 Å². The number of nitrogens with zero attached hydrogens (tertiary/aromatic N) is 1. The number of carbonyl (C=O) groups excluding carboxylic acids is 1. The molecule has 1 N–H and O–H groups in total. The number of quaternary nitrogens is 1. The van der Waals surface area contributed by atoms with Crippen LogP contribution in [0.4, 0.5) is 0 Å². The summed E-state index contributed by atoms with van der Waals surface area (Å²) < 4.78 is 32.9. The number of hydrogen-bond donors (Lipinski definition) is 1. The highest BCUT2D eigenvalue weighted by Gasteiger charge is 2.55. The van der Waals surface area contributed by atoms with Crippen LogP contribution in [0.3, 0.4) is 0 Å². The molecular formula is C23H47NO5S. The Morgan fingerprint density at radius 2 is 1.03 bits per heavy atom. The molecule has 0 aromatic heterocycles. The molecule has 0 radical (unpaired) electrons. The number of rotatable bonds is 20. The molecule has 0 aliphatic carbocycles. The van der Waals surface area contributed by atoms with E-state index in [4.69, 9.17) is 0 Å². The van der Waals surface area contributed by atoms with Crippen molar-refractivity contribution in [2.75, 3.05) is 21.1 Å². The van der Waals surface area contributed by atoms with E-state index in [-0.39, 0.29) is 6.42 Å². The smallest absolute Gasteiger partial charge is 0.328 e. The Morgan fingerprint density at radius 3 is 1.27 bits per heavy atom. The predicted octanol–water partition coefficient (Wildman–Crippen LogP) is 4.68. The van der Waals surface area contributed by atoms with Crippen molar-refractivity contribution in [3.63, 3.8) is 0 Å². The van der Waals surface area contributed by atoms with Gasteiger partial charge in [-0.05, 0) is 6.42 Å². The summed E-state index contributed by atoms with van der Waals surface area (Å²) in [5.74, 6) is -1.74. The van der Waals surface area contributed by atoms with Gasteiger partial charge in [-0.1, -0.05) is 103 Å². The minimum atomic E-state index is -4.79. The average molecular weight is 450 g/mol. The average Bonchev–Trinajstić information content (AvgIpc) is 2.61. The quantitative estimate of drug-likeness (QED) is 0.165. The van der Waals surface area contributed by atoms with Gasteiger partial charge < -0.3 is 14.4 Å². The molecule has 6 nitrogen and oxygen atoms in total. The molecule has 1 atom stereocenters. The molecule has 0 heterocycles. The highest BCUT2D eigenvalue weighted by atomic mass is 32.2. The summed E-state index contributed by atoms with van der Waals surface area (Å²) in [6.07, 6.45) is 18.9. The van der Waals surface area contributed by atoms with Crippen LogP contribution in [0.25, 0.3) is 0 Å². The summed E-state index contributed by atoms with van der Waals surface area (Å²) in [6.45, 7) is 2.25. The molecular weight excluding hydrogens is 402 g/mol. The molecule has 180 valence electrons. The van der Waals surface area contributed by atoms with E-state index in [0.29, 0.717) is 6.42 Å². The number of carboxylic acid groups (broad SMARTS) is 1. The molecule has 0 saturated heterocycles. The van der Waals surface area contributed by atoms with E-state index in [1.54, 1.807) is 0 Å². The van der Waals surface area contributed by atoms with Gasteiger partial charge in [-0.3, -0.25) is 4.55 Å². The first kappa shape index (κ1) is 29.3. The Morgan fingerprint density at radius 1 is 0.733 bits per heavy atom. The summed E-state index contributed by atoms with van der Waals surface area (Å²) in [6, 6.07) is 0. The Hall–Kier alpha value is -0.660. The van der Waals surface area contributed by atoms with Crippen LogP contribution in [0.1, 0.15) is 116 Å². The third kappa shape index (κ3) is 10.6. The lowest BCUT2D eigenvalue weighted by Gasteiger charge is -2.43. The Labute approximate surface area is 185 Å². The molecule has 30 heavy (non-hydrogen) atoms. The van der Waals surface area contributed by atoms with Crippen LogP contribution in [-0.4, -0.2) is 49.4 Å². The van der Waals surface area contributed by atoms with Crippen LogP contribution in [0, 0.1) is 0 Å². The molecule has 0 bridgehead atoms. The number of likely N-dealkylation sites (N-methyl/N-ethyl adjacent to an activating group) is 1. The summed E-state index contributed by atoms with van der Waals surface area (Å²) in [7, 11) is -0.431. The minimum absolute atomic E-state index is 0.143. The third-order valence-electron chi connectivity index (χ3n) is 6.20. The second-order valence-electron chi connectivity index (χ2n) is 9.61. The molecule has 0 amide bonds. The zero-order valence-corrected chi connectivity index (χ0v) is 20.8. The lowest BCUT2D eigenvalue weighted by atomic mass is 10.0. The van der Waals surface area contributed by atoms with E-state index in [1.807, 2.05) is 0 Å². The van der Waals surface area contributed by atoms with E-state index in [0.717, 1.165) is 25.7 Å². The maximum atomic E-state index is 11.9. The zero-order valence-electron chi connectivity index (χ0n) is 20.0. The van der Waals surface area contributed by atoms with Crippen molar-refractivity contribution in [2.45, 2.75) is 121 Å². The molecule has 0 rings (SSSR count). The first-order valence-corrected chi connectivity index (χ1v) is 13.4. The van der Waals surface area contributed by atoms with Gasteiger partial charge in [0.1, 0.15) is 5.97 Å². The van der Waals surface area contributed by atoms with Crippen LogP contribution in [-0.2, 0) is 14.9 Å². The number of unbranched alkanes of at least 4 members (excludes halogenated alkanes) is 15. The molecule has 0 aromatic rings. The molecule has 0 spiro atoms. The molecule has 1 unspecified atom stereocenters. The predicted molar refractivity (Wildman–Crippen MR) is 121 cm³/mol. The van der Waals surface area contributed by atoms with Gasteiger partial charge in [-0.2, -0.15) is 8.42 Å². The lowest BCUT2D eigenvalue weighted by molar-refractivity contribution is -0.901. The molecule has 0 aliphatic rings. The van der Waals surface area contributed by atoms with Crippen molar-refractivity contribution >= 4 is 16.1 Å². The van der Waals surface area contributed by atoms with Crippen molar-refractivity contribution in [3.05, 3.63) is 0 Å². The minimum Gasteiger partial charge on any atom is -0.543 e. The van der Waals surface area contributed by atoms with Crippen LogP contribution in [0.2, 0.25) is 0 Å². The Bertz CT molecular complexity index is 556. The second kappa shape index (κ2) is 15.2. The van der Waals surface area contributed by atoms with Gasteiger partial charge in [0.25, 0.3) is 4.87 Å². The Kier molecular flexibility index (Phi) is 14.9. The van der Waals surface area contributed by atoms with Gasteiger partial charge >= 0.3 is 10.1 Å². The molecule has 0 saturated carbocycles. The summed E-state index contributed by atoms with van der Waals surface area (Å²) in [5.41, 5.74) is 0. The first-order valence-electron chi connectivity index (χ1n) is 12.0. The maximum Gasteiger partial charge on any atom is 0.328 e. The largest absolute Gasteiger partial charge is 0.543 e. The van der Waals surface area contributed by atoms with Gasteiger partial charge in [0.15, 0.2) is 0 Å². The lowest BCUT2D eigenvalue weighted by Crippen LogP contribution is -2.69. The molecule has 0 fully saturated rings. The van der Waals surface area contributed by atoms with E-state index < -0.39 is 25.4 Å². The van der Waals surface area contributed by atoms with Crippen LogP contribution in [0.5, 0.6) is 0 Å². The standard InChI is InChI=1S/C23H47NO5S/c1-5-6-7-8-9-10-11-12-13-14-15-16-17-18-19-20-21-23(22(25)26,24(2,3)4)30(27,28)29/h5-21H2,1-4H3,(H-,25,26,27,28,29). The van der Waals surface area contributed by atoms with E-state index in [9.17, 15) is 22.9 Å². The number of carbonyl (C=O) groups is 1. The number of aliphatic carboxylic acids is 1. The van der Waals surface area contributed by atoms with Crippen LogP contribution >= 0.6 is 0 Å². The molecule has 0 aromatic carbocycles. The van der Waals surface area contributed by atoms with Crippen molar-refractivity contribution in [1.29, 1.82) is 0 Å². The van der Waals surface area contributed by atoms with E-state index in [1.165, 1.54) is 91.8 Å². The maximum absolute atomic E-state index is 11.9. The summed E-state index contributed by atoms with van der Waals surface area (Å²) >= 11 is 0. The number of hydrogen-bond acceptors (Lipinski definition) is 4. The van der Waals surface area contributed by atoms with E-state index >= 15 is 0 Å². The monoisotopic (exact) mass is 449 g/mol. The van der Waals surface area contributed by atoms with Gasteiger partial charge in [0.2, 0.25) is 0 Å². The van der Waals surface area contributed by atoms with Crippen molar-refractivity contribution in [3.8, 4) is 0 Å². The zero-order chi connectivity index (χ0) is 23.1. The topological polar surface area (TPSA) is 94.5 Å². The van der Waals surface area contributed by atoms with Gasteiger partial charge in [0.05, 0.1) is 21.1 Å².